The SMILES string of the molecule is CS(=O)(=O)Oc1ccc(-c2ccc(-c3ccc(OCc4ccccc4)c(OS(C)(=O)=O)c3)cc2)cc1. The number of rotatable bonds is 9. The Bertz CT molecular complexity index is 1550. The Morgan fingerprint density at radius 2 is 1.06 bits per heavy atom. The molecule has 36 heavy (non-hydrogen) atoms. The fraction of sp³-hybridized carbons (Fsp3) is 0.111. The molecular formula is C27H24O7S2. The Hall–Kier alpha value is -3.82. The summed E-state index contributed by atoms with van der Waals surface area (Å²) in [6.45, 7) is 0.267. The monoisotopic (exact) mass is 524 g/mol. The Morgan fingerprint density at radius 3 is 1.61 bits per heavy atom. The van der Waals surface area contributed by atoms with Gasteiger partial charge in [0.15, 0.2) is 11.5 Å². The molecule has 0 N–H and O–H groups in total. The molecule has 0 saturated carbocycles. The van der Waals surface area contributed by atoms with Crippen LogP contribution in [-0.4, -0.2) is 29.3 Å². The van der Waals surface area contributed by atoms with E-state index >= 15 is 0 Å². The molecule has 4 aromatic carbocycles. The van der Waals surface area contributed by atoms with Crippen molar-refractivity contribution in [2.75, 3.05) is 12.5 Å². The quantitative estimate of drug-likeness (QED) is 0.275. The zero-order valence-corrected chi connectivity index (χ0v) is 21.3. The Morgan fingerprint density at radius 1 is 0.556 bits per heavy atom. The molecule has 0 radical (unpaired) electrons. The number of ether oxygens (including phenoxy) is 1. The lowest BCUT2D eigenvalue weighted by Gasteiger charge is -2.13. The van der Waals surface area contributed by atoms with Crippen LogP contribution in [0.4, 0.5) is 0 Å². The largest absolute Gasteiger partial charge is 0.485 e. The average molecular weight is 525 g/mol. The third-order valence-corrected chi connectivity index (χ3v) is 6.05. The molecule has 0 aliphatic rings. The summed E-state index contributed by atoms with van der Waals surface area (Å²) < 4.78 is 62.2. The van der Waals surface area contributed by atoms with Gasteiger partial charge >= 0.3 is 20.2 Å². The molecule has 0 spiro atoms. The van der Waals surface area contributed by atoms with E-state index in [1.807, 2.05) is 60.7 Å². The molecule has 0 saturated heterocycles. The van der Waals surface area contributed by atoms with Gasteiger partial charge in [-0.05, 0) is 52.1 Å². The second-order valence-corrected chi connectivity index (χ2v) is 11.3. The summed E-state index contributed by atoms with van der Waals surface area (Å²) in [6, 6.07) is 29.1. The summed E-state index contributed by atoms with van der Waals surface area (Å²) in [6.07, 6.45) is 1.98. The predicted octanol–water partition coefficient (Wildman–Crippen LogP) is 5.28. The van der Waals surface area contributed by atoms with Crippen LogP contribution in [0.1, 0.15) is 5.56 Å². The summed E-state index contributed by atoms with van der Waals surface area (Å²) in [5.74, 6) is 0.670. The maximum absolute atomic E-state index is 11.9. The minimum Gasteiger partial charge on any atom is -0.485 e. The van der Waals surface area contributed by atoms with Crippen molar-refractivity contribution in [1.29, 1.82) is 0 Å². The zero-order valence-electron chi connectivity index (χ0n) is 19.6. The van der Waals surface area contributed by atoms with Crippen LogP contribution in [0.25, 0.3) is 22.3 Å². The first-order valence-electron chi connectivity index (χ1n) is 10.9. The second kappa shape index (κ2) is 10.4. The molecule has 0 atom stereocenters. The summed E-state index contributed by atoms with van der Waals surface area (Å²) in [4.78, 5) is 0. The minimum atomic E-state index is -3.77. The highest BCUT2D eigenvalue weighted by Gasteiger charge is 2.14. The zero-order chi connectivity index (χ0) is 25.8. The van der Waals surface area contributed by atoms with Gasteiger partial charge in [-0.15, -0.1) is 0 Å². The average Bonchev–Trinajstić information content (AvgIpc) is 2.82. The van der Waals surface area contributed by atoms with Crippen LogP contribution in [0.3, 0.4) is 0 Å². The summed E-state index contributed by atoms with van der Waals surface area (Å²) in [5.41, 5.74) is 4.35. The van der Waals surface area contributed by atoms with Gasteiger partial charge in [0, 0.05) is 0 Å². The maximum atomic E-state index is 11.9. The molecule has 186 valence electrons. The van der Waals surface area contributed by atoms with Crippen molar-refractivity contribution in [1.82, 2.24) is 0 Å². The van der Waals surface area contributed by atoms with Gasteiger partial charge in [-0.1, -0.05) is 72.8 Å². The van der Waals surface area contributed by atoms with E-state index in [4.69, 9.17) is 13.1 Å². The first kappa shape index (κ1) is 25.3. The van der Waals surface area contributed by atoms with Gasteiger partial charge in [0.2, 0.25) is 0 Å². The van der Waals surface area contributed by atoms with Crippen LogP contribution in [0.2, 0.25) is 0 Å². The van der Waals surface area contributed by atoms with Gasteiger partial charge in [-0.3, -0.25) is 0 Å². The topological polar surface area (TPSA) is 96.0 Å². The number of hydrogen-bond donors (Lipinski definition) is 0. The lowest BCUT2D eigenvalue weighted by Crippen LogP contribution is -2.07. The molecule has 0 aliphatic carbocycles. The van der Waals surface area contributed by atoms with Crippen LogP contribution in [0, 0.1) is 0 Å². The van der Waals surface area contributed by atoms with Crippen molar-refractivity contribution in [2.45, 2.75) is 6.61 Å². The van der Waals surface area contributed by atoms with E-state index in [9.17, 15) is 16.8 Å². The Kier molecular flexibility index (Phi) is 7.32. The van der Waals surface area contributed by atoms with E-state index in [0.717, 1.165) is 40.3 Å². The van der Waals surface area contributed by atoms with Gasteiger partial charge in [0.05, 0.1) is 12.5 Å². The van der Waals surface area contributed by atoms with Gasteiger partial charge in [0.25, 0.3) is 0 Å². The maximum Gasteiger partial charge on any atom is 0.306 e. The van der Waals surface area contributed by atoms with Crippen LogP contribution in [0.15, 0.2) is 97.1 Å². The summed E-state index contributed by atoms with van der Waals surface area (Å²) >= 11 is 0. The van der Waals surface area contributed by atoms with Crippen molar-refractivity contribution in [3.05, 3.63) is 103 Å². The highest BCUT2D eigenvalue weighted by Crippen LogP contribution is 2.35. The Labute approximate surface area is 211 Å². The molecule has 0 unspecified atom stereocenters. The molecular weight excluding hydrogens is 500 g/mol. The molecule has 4 rings (SSSR count). The van der Waals surface area contributed by atoms with Gasteiger partial charge in [-0.25, -0.2) is 0 Å². The number of hydrogen-bond acceptors (Lipinski definition) is 7. The fourth-order valence-electron chi connectivity index (χ4n) is 3.50. The van der Waals surface area contributed by atoms with Crippen LogP contribution in [0.5, 0.6) is 17.2 Å². The molecule has 0 aliphatic heterocycles. The minimum absolute atomic E-state index is 0.108. The molecule has 4 aromatic rings. The van der Waals surface area contributed by atoms with Crippen molar-refractivity contribution in [2.24, 2.45) is 0 Å². The molecule has 9 heteroatoms. The van der Waals surface area contributed by atoms with Crippen LogP contribution in [-0.2, 0) is 26.8 Å². The molecule has 0 aromatic heterocycles. The van der Waals surface area contributed by atoms with Crippen LogP contribution < -0.4 is 13.1 Å². The first-order valence-corrected chi connectivity index (χ1v) is 14.5. The Balaban J connectivity index is 1.56. The third-order valence-electron chi connectivity index (χ3n) is 5.08. The fourth-order valence-corrected chi connectivity index (χ4v) is 4.42. The highest BCUT2D eigenvalue weighted by atomic mass is 32.2. The number of benzene rings is 4. The van der Waals surface area contributed by atoms with Crippen molar-refractivity contribution in [3.8, 4) is 39.5 Å². The van der Waals surface area contributed by atoms with E-state index in [0.29, 0.717) is 5.75 Å². The normalized spacial score (nSPS) is 11.6. The predicted molar refractivity (Wildman–Crippen MR) is 139 cm³/mol. The standard InChI is InChI=1S/C27H24O7S2/c1-35(28,29)33-25-15-12-22(13-16-25)21-8-10-23(11-9-21)24-14-17-26(27(18-24)34-36(2,30)31)32-19-20-6-4-3-5-7-20/h3-18H,19H2,1-2H3. The third kappa shape index (κ3) is 7.10. The van der Waals surface area contributed by atoms with E-state index in [1.165, 1.54) is 0 Å². The smallest absolute Gasteiger partial charge is 0.306 e. The van der Waals surface area contributed by atoms with Gasteiger partial charge in [-0.2, -0.15) is 16.8 Å². The highest BCUT2D eigenvalue weighted by molar-refractivity contribution is 7.86. The lowest BCUT2D eigenvalue weighted by molar-refractivity contribution is 0.296. The summed E-state index contributed by atoms with van der Waals surface area (Å²) in [7, 11) is -7.35. The summed E-state index contributed by atoms with van der Waals surface area (Å²) in [5, 5.41) is 0. The first-order chi connectivity index (χ1) is 17.1. The van der Waals surface area contributed by atoms with Gasteiger partial charge in [0.1, 0.15) is 12.4 Å². The van der Waals surface area contributed by atoms with E-state index < -0.39 is 20.2 Å². The molecule has 0 amide bonds. The van der Waals surface area contributed by atoms with Crippen molar-refractivity contribution in [3.63, 3.8) is 0 Å². The molecule has 0 bridgehead atoms. The van der Waals surface area contributed by atoms with Gasteiger partial charge < -0.3 is 13.1 Å². The van der Waals surface area contributed by atoms with E-state index in [1.54, 1.807) is 36.4 Å². The van der Waals surface area contributed by atoms with Crippen LogP contribution >= 0.6 is 0 Å². The second-order valence-electron chi connectivity index (χ2n) is 8.11. The van der Waals surface area contributed by atoms with E-state index in [2.05, 4.69) is 0 Å². The van der Waals surface area contributed by atoms with Crippen molar-refractivity contribution >= 4 is 20.2 Å². The lowest BCUT2D eigenvalue weighted by atomic mass is 10.00. The van der Waals surface area contributed by atoms with Crippen molar-refractivity contribution < 1.29 is 29.9 Å². The molecule has 7 nitrogen and oxygen atoms in total. The molecule has 0 fully saturated rings. The van der Waals surface area contributed by atoms with E-state index in [-0.39, 0.29) is 18.1 Å². The molecule has 0 heterocycles.